The number of imidazole rings is 1. The van der Waals surface area contributed by atoms with E-state index in [1.807, 2.05) is 13.8 Å². The molecule has 10 heteroatoms. The van der Waals surface area contributed by atoms with Gasteiger partial charge < -0.3 is 15.6 Å². The zero-order chi connectivity index (χ0) is 20.3. The van der Waals surface area contributed by atoms with E-state index in [1.165, 1.54) is 17.6 Å². The number of carbonyl (C=O) groups is 2. The van der Waals surface area contributed by atoms with Gasteiger partial charge in [0.05, 0.1) is 11.4 Å². The van der Waals surface area contributed by atoms with E-state index >= 15 is 0 Å². The monoisotopic (exact) mass is 403 g/mol. The Balaban J connectivity index is 1.93. The van der Waals surface area contributed by atoms with E-state index in [1.54, 1.807) is 13.0 Å². The van der Waals surface area contributed by atoms with Crippen molar-refractivity contribution in [2.24, 2.45) is 0 Å². The highest BCUT2D eigenvalue weighted by Crippen LogP contribution is 2.34. The van der Waals surface area contributed by atoms with Crippen LogP contribution in [-0.2, 0) is 9.59 Å². The Morgan fingerprint density at radius 1 is 1.36 bits per heavy atom. The number of aromatic nitrogens is 4. The zero-order valence-electron chi connectivity index (χ0n) is 15.9. The van der Waals surface area contributed by atoms with Crippen molar-refractivity contribution in [1.82, 2.24) is 30.2 Å². The average molecular weight is 404 g/mol. The summed E-state index contributed by atoms with van der Waals surface area (Å²) in [6.07, 6.45) is 7.21. The molecule has 1 aliphatic rings. The quantitative estimate of drug-likeness (QED) is 0.483. The first kappa shape index (κ1) is 19.8. The molecule has 1 unspecified atom stereocenters. The molecule has 0 saturated carbocycles. The van der Waals surface area contributed by atoms with E-state index in [-0.39, 0.29) is 16.6 Å². The van der Waals surface area contributed by atoms with Crippen LogP contribution < -0.4 is 10.6 Å². The number of nitrogens with one attached hydrogen (secondary N) is 3. The Labute approximate surface area is 167 Å². The fraction of sp³-hybridized carbons (Fsp3) is 0.389. The highest BCUT2D eigenvalue weighted by molar-refractivity contribution is 6.33. The lowest BCUT2D eigenvalue weighted by atomic mass is 10.0. The molecule has 0 bridgehead atoms. The lowest BCUT2D eigenvalue weighted by Crippen LogP contribution is -2.50. The molecule has 2 amide bonds. The number of nitrogens with zero attached hydrogens (tertiary/aromatic N) is 4. The second-order valence-electron chi connectivity index (χ2n) is 6.54. The number of fused-ring (bicyclic) bond motifs is 1. The van der Waals surface area contributed by atoms with Crippen LogP contribution in [0.3, 0.4) is 0 Å². The second kappa shape index (κ2) is 7.97. The highest BCUT2D eigenvalue weighted by Gasteiger charge is 2.46. The number of carbonyl (C=O) groups excluding carboxylic acids is 2. The molecular weight excluding hydrogens is 382 g/mol. The largest absolute Gasteiger partial charge is 0.342 e. The third-order valence-corrected chi connectivity index (χ3v) is 5.01. The fourth-order valence-corrected chi connectivity index (χ4v) is 3.74. The van der Waals surface area contributed by atoms with Crippen LogP contribution in [0.4, 0.5) is 5.82 Å². The van der Waals surface area contributed by atoms with E-state index in [4.69, 9.17) is 11.6 Å². The molecule has 3 heterocycles. The van der Waals surface area contributed by atoms with Crippen molar-refractivity contribution in [3.05, 3.63) is 35.2 Å². The van der Waals surface area contributed by atoms with Crippen LogP contribution in [0.15, 0.2) is 35.2 Å². The van der Waals surface area contributed by atoms with Crippen LogP contribution in [0, 0.1) is 0 Å². The van der Waals surface area contributed by atoms with Crippen LogP contribution >= 0.6 is 11.6 Å². The molecule has 148 valence electrons. The molecule has 1 fully saturated rings. The summed E-state index contributed by atoms with van der Waals surface area (Å²) in [7, 11) is 0. The Kier molecular flexibility index (Phi) is 5.64. The van der Waals surface area contributed by atoms with Gasteiger partial charge in [0.1, 0.15) is 23.2 Å². The molecule has 2 aromatic heterocycles. The number of aromatic amines is 1. The number of rotatable bonds is 7. The molecule has 1 aliphatic heterocycles. The van der Waals surface area contributed by atoms with Gasteiger partial charge in [0, 0.05) is 5.70 Å². The fourth-order valence-electron chi connectivity index (χ4n) is 3.40. The Morgan fingerprint density at radius 3 is 2.82 bits per heavy atom. The highest BCUT2D eigenvalue weighted by atomic mass is 35.5. The summed E-state index contributed by atoms with van der Waals surface area (Å²) in [5.41, 5.74) is 1.22. The standard InChI is InChI=1S/C18H22ClN7O2/c1-4-6-18(5-2)25-17(28)14(26(18)10-27)12(19)7-11(3)24-16-13-15(21-8-20-13)22-9-23-16/h7-10H,4-6H2,1-3H3,(H,25,28)(H2,20,21,22,23,24)/b11-7+,14-12+. The van der Waals surface area contributed by atoms with Gasteiger partial charge in [0.2, 0.25) is 6.41 Å². The van der Waals surface area contributed by atoms with E-state index in [9.17, 15) is 9.59 Å². The summed E-state index contributed by atoms with van der Waals surface area (Å²) in [4.78, 5) is 41.1. The molecule has 0 spiro atoms. The summed E-state index contributed by atoms with van der Waals surface area (Å²) in [6, 6.07) is 0. The number of halogens is 1. The second-order valence-corrected chi connectivity index (χ2v) is 6.94. The number of allylic oxidation sites excluding steroid dienone is 3. The summed E-state index contributed by atoms with van der Waals surface area (Å²) in [5, 5.41) is 6.20. The van der Waals surface area contributed by atoms with Crippen molar-refractivity contribution in [3.8, 4) is 0 Å². The van der Waals surface area contributed by atoms with E-state index in [0.29, 0.717) is 41.9 Å². The SMILES string of the molecule is CCCC1(CC)NC(=O)/C(=C(Cl)/C=C(\C)Nc2ncnc3nc[nH]c23)N1C=O. The third kappa shape index (κ3) is 3.45. The average Bonchev–Trinajstić information content (AvgIpc) is 3.25. The molecule has 1 atom stereocenters. The maximum atomic E-state index is 12.6. The van der Waals surface area contributed by atoms with Crippen molar-refractivity contribution < 1.29 is 9.59 Å². The van der Waals surface area contributed by atoms with E-state index < -0.39 is 5.66 Å². The van der Waals surface area contributed by atoms with Crippen molar-refractivity contribution in [3.63, 3.8) is 0 Å². The van der Waals surface area contributed by atoms with E-state index in [0.717, 1.165) is 6.42 Å². The minimum Gasteiger partial charge on any atom is -0.342 e. The number of hydrogen-bond donors (Lipinski definition) is 3. The number of amides is 2. The molecule has 9 nitrogen and oxygen atoms in total. The first-order valence-electron chi connectivity index (χ1n) is 9.02. The van der Waals surface area contributed by atoms with Crippen LogP contribution in [0.25, 0.3) is 11.2 Å². The van der Waals surface area contributed by atoms with Crippen molar-refractivity contribution >= 4 is 40.9 Å². The summed E-state index contributed by atoms with van der Waals surface area (Å²) < 4.78 is 0. The Bertz CT molecular complexity index is 968. The Hall–Kier alpha value is -2.94. The van der Waals surface area contributed by atoms with Crippen LogP contribution in [0.2, 0.25) is 0 Å². The van der Waals surface area contributed by atoms with E-state index in [2.05, 4.69) is 30.6 Å². The van der Waals surface area contributed by atoms with Gasteiger partial charge >= 0.3 is 0 Å². The molecule has 3 N–H and O–H groups in total. The molecule has 3 rings (SSSR count). The Morgan fingerprint density at radius 2 is 2.14 bits per heavy atom. The number of H-pyrrole nitrogens is 1. The molecular formula is C18H22ClN7O2. The normalized spacial score (nSPS) is 21.8. The smallest absolute Gasteiger partial charge is 0.271 e. The predicted molar refractivity (Wildman–Crippen MR) is 106 cm³/mol. The molecule has 28 heavy (non-hydrogen) atoms. The van der Waals surface area contributed by atoms with Gasteiger partial charge in [-0.2, -0.15) is 0 Å². The van der Waals surface area contributed by atoms with Gasteiger partial charge in [0.15, 0.2) is 11.5 Å². The maximum absolute atomic E-state index is 12.6. The van der Waals surface area contributed by atoms with Crippen molar-refractivity contribution in [2.45, 2.75) is 45.7 Å². The third-order valence-electron chi connectivity index (χ3n) is 4.73. The predicted octanol–water partition coefficient (Wildman–Crippen LogP) is 2.61. The first-order chi connectivity index (χ1) is 13.5. The molecule has 0 aliphatic carbocycles. The van der Waals surface area contributed by atoms with Crippen molar-refractivity contribution in [2.75, 3.05) is 5.32 Å². The summed E-state index contributed by atoms with van der Waals surface area (Å²) in [5.74, 6) is 0.164. The van der Waals surface area contributed by atoms with Crippen LogP contribution in [-0.4, -0.2) is 42.8 Å². The molecule has 2 aromatic rings. The molecule has 1 saturated heterocycles. The van der Waals surface area contributed by atoms with Crippen molar-refractivity contribution in [1.29, 1.82) is 0 Å². The lowest BCUT2D eigenvalue weighted by molar-refractivity contribution is -0.121. The van der Waals surface area contributed by atoms with Gasteiger partial charge in [-0.3, -0.25) is 14.5 Å². The number of anilines is 1. The zero-order valence-corrected chi connectivity index (χ0v) is 16.7. The molecule has 0 aromatic carbocycles. The minimum absolute atomic E-state index is 0.141. The van der Waals surface area contributed by atoms with Gasteiger partial charge in [-0.25, -0.2) is 15.0 Å². The van der Waals surface area contributed by atoms with Gasteiger partial charge in [-0.05, 0) is 25.8 Å². The molecule has 0 radical (unpaired) electrons. The maximum Gasteiger partial charge on any atom is 0.271 e. The number of hydrogen-bond acceptors (Lipinski definition) is 6. The lowest BCUT2D eigenvalue weighted by Gasteiger charge is -2.34. The summed E-state index contributed by atoms with van der Waals surface area (Å²) in [6.45, 7) is 5.71. The van der Waals surface area contributed by atoms with Gasteiger partial charge in [0.25, 0.3) is 5.91 Å². The van der Waals surface area contributed by atoms with Gasteiger partial charge in [-0.15, -0.1) is 0 Å². The van der Waals surface area contributed by atoms with Crippen LogP contribution in [0.1, 0.15) is 40.0 Å². The van der Waals surface area contributed by atoms with Crippen LogP contribution in [0.5, 0.6) is 0 Å². The topological polar surface area (TPSA) is 116 Å². The summed E-state index contributed by atoms with van der Waals surface area (Å²) >= 11 is 6.45. The van der Waals surface area contributed by atoms with Gasteiger partial charge in [-0.1, -0.05) is 31.9 Å². The minimum atomic E-state index is -0.743. The first-order valence-corrected chi connectivity index (χ1v) is 9.39.